The lowest BCUT2D eigenvalue weighted by Crippen LogP contribution is -2.30. The van der Waals surface area contributed by atoms with E-state index in [2.05, 4.69) is 31.4 Å². The monoisotopic (exact) mass is 298 g/mol. The second-order valence-electron chi connectivity index (χ2n) is 6.68. The minimum absolute atomic E-state index is 0.0244. The molecule has 2 unspecified atom stereocenters. The summed E-state index contributed by atoms with van der Waals surface area (Å²) < 4.78 is 0. The molecule has 4 heteroatoms. The molecule has 4 nitrogen and oxygen atoms in total. The van der Waals surface area contributed by atoms with Gasteiger partial charge in [-0.1, -0.05) is 27.7 Å². The van der Waals surface area contributed by atoms with Gasteiger partial charge in [0.25, 0.3) is 0 Å². The Labute approximate surface area is 130 Å². The van der Waals surface area contributed by atoms with Crippen LogP contribution in [0.4, 0.5) is 0 Å². The Kier molecular flexibility index (Phi) is 11.0. The Morgan fingerprint density at radius 3 is 2.10 bits per heavy atom. The van der Waals surface area contributed by atoms with Crippen molar-refractivity contribution < 1.29 is 9.59 Å². The van der Waals surface area contributed by atoms with Crippen LogP contribution in [0.2, 0.25) is 0 Å². The van der Waals surface area contributed by atoms with Crippen molar-refractivity contribution in [1.82, 2.24) is 10.6 Å². The van der Waals surface area contributed by atoms with Gasteiger partial charge < -0.3 is 10.6 Å². The number of rotatable bonds is 11. The van der Waals surface area contributed by atoms with Gasteiger partial charge in [0.2, 0.25) is 11.8 Å². The average Bonchev–Trinajstić information content (AvgIpc) is 2.40. The lowest BCUT2D eigenvalue weighted by Gasteiger charge is -2.16. The summed E-state index contributed by atoms with van der Waals surface area (Å²) in [5.41, 5.74) is 0. The van der Waals surface area contributed by atoms with E-state index in [1.807, 2.05) is 6.92 Å². The zero-order valence-corrected chi connectivity index (χ0v) is 14.5. The first-order valence-corrected chi connectivity index (χ1v) is 8.35. The molecular weight excluding hydrogens is 264 g/mol. The first-order valence-electron chi connectivity index (χ1n) is 8.35. The van der Waals surface area contributed by atoms with E-state index >= 15 is 0 Å². The van der Waals surface area contributed by atoms with Crippen LogP contribution in [0, 0.1) is 17.8 Å². The van der Waals surface area contributed by atoms with Crippen molar-refractivity contribution in [3.63, 3.8) is 0 Å². The van der Waals surface area contributed by atoms with Crippen LogP contribution in [0.1, 0.15) is 66.7 Å². The van der Waals surface area contributed by atoms with Crippen LogP contribution in [0.3, 0.4) is 0 Å². The molecule has 0 aliphatic heterocycles. The minimum atomic E-state index is 0.0244. The molecule has 0 aromatic carbocycles. The van der Waals surface area contributed by atoms with Gasteiger partial charge in [-0.2, -0.15) is 0 Å². The summed E-state index contributed by atoms with van der Waals surface area (Å²) in [4.78, 5) is 22.7. The van der Waals surface area contributed by atoms with Gasteiger partial charge in [-0.15, -0.1) is 0 Å². The summed E-state index contributed by atoms with van der Waals surface area (Å²) in [6.45, 7) is 11.6. The summed E-state index contributed by atoms with van der Waals surface area (Å²) in [6.07, 6.45) is 5.14. The molecule has 124 valence electrons. The van der Waals surface area contributed by atoms with Crippen molar-refractivity contribution in [2.75, 3.05) is 13.1 Å². The van der Waals surface area contributed by atoms with Gasteiger partial charge in [0, 0.05) is 25.9 Å². The summed E-state index contributed by atoms with van der Waals surface area (Å²) in [7, 11) is 0. The largest absolute Gasteiger partial charge is 0.356 e. The Bertz CT molecular complexity index is 303. The van der Waals surface area contributed by atoms with Crippen LogP contribution in [0.15, 0.2) is 0 Å². The predicted molar refractivity (Wildman–Crippen MR) is 87.9 cm³/mol. The molecule has 0 fully saturated rings. The molecule has 21 heavy (non-hydrogen) atoms. The Morgan fingerprint density at radius 2 is 1.52 bits per heavy atom. The van der Waals surface area contributed by atoms with Crippen LogP contribution >= 0.6 is 0 Å². The molecular formula is C17H34N2O2. The topological polar surface area (TPSA) is 58.2 Å². The summed E-state index contributed by atoms with van der Waals surface area (Å²) in [6, 6.07) is 0. The molecule has 0 bridgehead atoms. The van der Waals surface area contributed by atoms with Gasteiger partial charge in [-0.3, -0.25) is 9.59 Å². The Morgan fingerprint density at radius 1 is 0.857 bits per heavy atom. The maximum atomic E-state index is 11.9. The van der Waals surface area contributed by atoms with Crippen molar-refractivity contribution in [2.45, 2.75) is 66.7 Å². The molecule has 0 aromatic rings. The van der Waals surface area contributed by atoms with Gasteiger partial charge in [-0.05, 0) is 43.9 Å². The van der Waals surface area contributed by atoms with Crippen molar-refractivity contribution in [1.29, 1.82) is 0 Å². The smallest absolute Gasteiger partial charge is 0.222 e. The van der Waals surface area contributed by atoms with Gasteiger partial charge >= 0.3 is 0 Å². The first-order chi connectivity index (χ1) is 9.82. The van der Waals surface area contributed by atoms with Gasteiger partial charge in [0.15, 0.2) is 0 Å². The van der Waals surface area contributed by atoms with E-state index in [0.717, 1.165) is 45.2 Å². The highest BCUT2D eigenvalue weighted by Crippen LogP contribution is 2.15. The van der Waals surface area contributed by atoms with Crippen molar-refractivity contribution in [2.24, 2.45) is 17.8 Å². The van der Waals surface area contributed by atoms with Gasteiger partial charge in [0.05, 0.1) is 0 Å². The van der Waals surface area contributed by atoms with Crippen molar-refractivity contribution in [3.8, 4) is 0 Å². The summed E-state index contributed by atoms with van der Waals surface area (Å²) in [5.74, 6) is 1.51. The van der Waals surface area contributed by atoms with Crippen molar-refractivity contribution >= 4 is 11.8 Å². The minimum Gasteiger partial charge on any atom is -0.356 e. The number of nitrogens with one attached hydrogen (secondary N) is 2. The maximum absolute atomic E-state index is 11.9. The Hall–Kier alpha value is -1.06. The highest BCUT2D eigenvalue weighted by atomic mass is 16.2. The van der Waals surface area contributed by atoms with E-state index in [1.54, 1.807) is 0 Å². The van der Waals surface area contributed by atoms with E-state index in [9.17, 15) is 9.59 Å². The molecule has 0 aliphatic rings. The summed E-state index contributed by atoms with van der Waals surface area (Å²) >= 11 is 0. The van der Waals surface area contributed by atoms with Crippen LogP contribution in [0.25, 0.3) is 0 Å². The number of hydrogen-bond donors (Lipinski definition) is 2. The van der Waals surface area contributed by atoms with E-state index in [4.69, 9.17) is 0 Å². The third kappa shape index (κ3) is 12.4. The number of carbonyl (C=O) groups excluding carboxylic acids is 2. The average molecular weight is 298 g/mol. The van der Waals surface area contributed by atoms with Gasteiger partial charge in [0.1, 0.15) is 0 Å². The van der Waals surface area contributed by atoms with E-state index in [-0.39, 0.29) is 17.7 Å². The molecule has 0 aromatic heterocycles. The Balaban J connectivity index is 3.69. The molecule has 0 heterocycles. The molecule has 0 aliphatic carbocycles. The van der Waals surface area contributed by atoms with Crippen LogP contribution in [-0.2, 0) is 9.59 Å². The molecule has 0 saturated heterocycles. The first kappa shape index (κ1) is 19.9. The fourth-order valence-corrected chi connectivity index (χ4v) is 2.20. The number of hydrogen-bond acceptors (Lipinski definition) is 2. The van der Waals surface area contributed by atoms with E-state index in [1.165, 1.54) is 6.92 Å². The highest BCUT2D eigenvalue weighted by molar-refractivity contribution is 5.78. The van der Waals surface area contributed by atoms with Gasteiger partial charge in [-0.25, -0.2) is 0 Å². The molecule has 2 atom stereocenters. The normalized spacial score (nSPS) is 13.8. The molecule has 2 amide bonds. The quantitative estimate of drug-likeness (QED) is 0.576. The van der Waals surface area contributed by atoms with Crippen LogP contribution in [-0.4, -0.2) is 24.9 Å². The van der Waals surface area contributed by atoms with Crippen LogP contribution < -0.4 is 10.6 Å². The van der Waals surface area contributed by atoms with Crippen LogP contribution in [0.5, 0.6) is 0 Å². The van der Waals surface area contributed by atoms with E-state index in [0.29, 0.717) is 11.8 Å². The third-order valence-corrected chi connectivity index (χ3v) is 3.81. The maximum Gasteiger partial charge on any atom is 0.222 e. The lowest BCUT2D eigenvalue weighted by molar-refractivity contribution is -0.124. The number of carbonyl (C=O) groups is 2. The molecule has 0 saturated carbocycles. The zero-order valence-electron chi connectivity index (χ0n) is 14.5. The second kappa shape index (κ2) is 11.6. The standard InChI is InChI=1S/C17H34N2O2/c1-13(2)7-6-11-19-17(21)15(4)9-8-14(3)10-12-18-16(5)20/h13-15H,6-12H2,1-5H3,(H,18,20)(H,19,21). The molecule has 2 N–H and O–H groups in total. The fourth-order valence-electron chi connectivity index (χ4n) is 2.20. The second-order valence-corrected chi connectivity index (χ2v) is 6.68. The number of amides is 2. The molecule has 0 rings (SSSR count). The third-order valence-electron chi connectivity index (χ3n) is 3.81. The summed E-state index contributed by atoms with van der Waals surface area (Å²) in [5, 5.41) is 5.84. The fraction of sp³-hybridized carbons (Fsp3) is 0.882. The highest BCUT2D eigenvalue weighted by Gasteiger charge is 2.13. The molecule has 0 spiro atoms. The lowest BCUT2D eigenvalue weighted by atomic mass is 9.95. The van der Waals surface area contributed by atoms with Crippen molar-refractivity contribution in [3.05, 3.63) is 0 Å². The SMILES string of the molecule is CC(=O)NCCC(C)CCC(C)C(=O)NCCCC(C)C. The molecule has 0 radical (unpaired) electrons. The van der Waals surface area contributed by atoms with E-state index < -0.39 is 0 Å². The zero-order chi connectivity index (χ0) is 16.3. The predicted octanol–water partition coefficient (Wildman–Crippen LogP) is 3.12.